The second-order valence-electron chi connectivity index (χ2n) is 3.93. The number of rotatable bonds is 3. The minimum Gasteiger partial charge on any atom is -0.323 e. The number of anilines is 1. The van der Waals surface area contributed by atoms with Crippen LogP contribution in [0.3, 0.4) is 0 Å². The van der Waals surface area contributed by atoms with Crippen molar-refractivity contribution in [2.45, 2.75) is 26.2 Å². The fourth-order valence-corrected chi connectivity index (χ4v) is 1.47. The molecular weight excluding hydrogens is 193 g/mol. The Morgan fingerprint density at radius 1 is 1.53 bits per heavy atom. The average molecular weight is 207 g/mol. The van der Waals surface area contributed by atoms with Gasteiger partial charge in [0.25, 0.3) is 0 Å². The number of benzene rings is 1. The van der Waals surface area contributed by atoms with E-state index in [-0.39, 0.29) is 17.6 Å². The van der Waals surface area contributed by atoms with Gasteiger partial charge in [-0.15, -0.1) is 0 Å². The topological polar surface area (TPSA) is 29.1 Å². The van der Waals surface area contributed by atoms with Crippen LogP contribution in [-0.2, 0) is 11.2 Å². The van der Waals surface area contributed by atoms with Crippen LogP contribution in [-0.4, -0.2) is 5.91 Å². The van der Waals surface area contributed by atoms with Crippen molar-refractivity contribution in [3.05, 3.63) is 29.6 Å². The lowest BCUT2D eigenvalue weighted by molar-refractivity contribution is -0.117. The van der Waals surface area contributed by atoms with E-state index in [1.807, 2.05) is 6.92 Å². The molecule has 1 fully saturated rings. The van der Waals surface area contributed by atoms with Gasteiger partial charge in [0.1, 0.15) is 5.82 Å². The van der Waals surface area contributed by atoms with Gasteiger partial charge in [-0.1, -0.05) is 13.0 Å². The van der Waals surface area contributed by atoms with Gasteiger partial charge in [0, 0.05) is 5.92 Å². The summed E-state index contributed by atoms with van der Waals surface area (Å²) >= 11 is 0. The quantitative estimate of drug-likeness (QED) is 0.811. The molecular formula is C12H14FNO. The maximum atomic E-state index is 13.3. The van der Waals surface area contributed by atoms with Crippen molar-refractivity contribution < 1.29 is 9.18 Å². The molecule has 1 amide bonds. The number of hydrogen-bond donors (Lipinski definition) is 1. The molecule has 0 saturated heterocycles. The van der Waals surface area contributed by atoms with Gasteiger partial charge in [0.05, 0.1) is 5.69 Å². The van der Waals surface area contributed by atoms with Crippen LogP contribution in [0.5, 0.6) is 0 Å². The molecule has 0 atom stereocenters. The average Bonchev–Trinajstić information content (AvgIpc) is 3.04. The summed E-state index contributed by atoms with van der Waals surface area (Å²) in [4.78, 5) is 11.4. The molecule has 1 aliphatic carbocycles. The molecule has 0 heterocycles. The van der Waals surface area contributed by atoms with Gasteiger partial charge < -0.3 is 5.32 Å². The van der Waals surface area contributed by atoms with Crippen LogP contribution < -0.4 is 5.32 Å². The van der Waals surface area contributed by atoms with Crippen LogP contribution in [0.2, 0.25) is 0 Å². The van der Waals surface area contributed by atoms with Crippen LogP contribution in [0.15, 0.2) is 18.2 Å². The minimum absolute atomic E-state index is 0.0536. The smallest absolute Gasteiger partial charge is 0.227 e. The number of carbonyl (C=O) groups is 1. The van der Waals surface area contributed by atoms with E-state index < -0.39 is 0 Å². The van der Waals surface area contributed by atoms with E-state index in [4.69, 9.17) is 0 Å². The van der Waals surface area contributed by atoms with Crippen LogP contribution in [0.25, 0.3) is 0 Å². The zero-order chi connectivity index (χ0) is 10.8. The summed E-state index contributed by atoms with van der Waals surface area (Å²) in [5.74, 6) is -0.307. The van der Waals surface area contributed by atoms with E-state index in [9.17, 15) is 9.18 Å². The Labute approximate surface area is 88.5 Å². The lowest BCUT2D eigenvalue weighted by Gasteiger charge is -2.07. The molecule has 80 valence electrons. The van der Waals surface area contributed by atoms with E-state index in [2.05, 4.69) is 5.32 Å². The Kier molecular flexibility index (Phi) is 2.71. The first-order valence-electron chi connectivity index (χ1n) is 5.30. The Morgan fingerprint density at radius 3 is 2.87 bits per heavy atom. The summed E-state index contributed by atoms with van der Waals surface area (Å²) in [6.07, 6.45) is 2.70. The third kappa shape index (κ3) is 2.35. The van der Waals surface area contributed by atoms with Crippen LogP contribution in [0.1, 0.15) is 25.3 Å². The van der Waals surface area contributed by atoms with Gasteiger partial charge in [0.15, 0.2) is 0 Å². The summed E-state index contributed by atoms with van der Waals surface area (Å²) in [7, 11) is 0. The molecule has 0 spiro atoms. The summed E-state index contributed by atoms with van der Waals surface area (Å²) in [6.45, 7) is 2.00. The lowest BCUT2D eigenvalue weighted by atomic mass is 10.1. The summed E-state index contributed by atoms with van der Waals surface area (Å²) in [5, 5.41) is 2.63. The monoisotopic (exact) mass is 207 g/mol. The predicted octanol–water partition coefficient (Wildman–Crippen LogP) is 2.74. The number of halogens is 1. The molecule has 0 aromatic heterocycles. The fraction of sp³-hybridized carbons (Fsp3) is 0.417. The van der Waals surface area contributed by atoms with Crippen molar-refractivity contribution in [3.63, 3.8) is 0 Å². The second kappa shape index (κ2) is 4.01. The molecule has 0 radical (unpaired) electrons. The molecule has 0 aliphatic heterocycles. The molecule has 1 N–H and O–H groups in total. The Balaban J connectivity index is 2.14. The van der Waals surface area contributed by atoms with Gasteiger partial charge in [0.2, 0.25) is 5.91 Å². The van der Waals surface area contributed by atoms with E-state index in [1.165, 1.54) is 6.07 Å². The molecule has 15 heavy (non-hydrogen) atoms. The zero-order valence-corrected chi connectivity index (χ0v) is 8.72. The highest BCUT2D eigenvalue weighted by atomic mass is 19.1. The van der Waals surface area contributed by atoms with Crippen molar-refractivity contribution in [1.82, 2.24) is 0 Å². The van der Waals surface area contributed by atoms with E-state index in [1.54, 1.807) is 12.1 Å². The summed E-state index contributed by atoms with van der Waals surface area (Å²) in [6, 6.07) is 4.85. The maximum absolute atomic E-state index is 13.3. The van der Waals surface area contributed by atoms with Crippen molar-refractivity contribution in [1.29, 1.82) is 0 Å². The molecule has 3 heteroatoms. The molecule has 1 aliphatic rings. The number of nitrogens with one attached hydrogen (secondary N) is 1. The normalized spacial score (nSPS) is 15.1. The van der Waals surface area contributed by atoms with Crippen molar-refractivity contribution >= 4 is 11.6 Å². The van der Waals surface area contributed by atoms with Crippen molar-refractivity contribution in [2.75, 3.05) is 5.32 Å². The molecule has 1 saturated carbocycles. The third-order valence-electron chi connectivity index (χ3n) is 2.65. The number of hydrogen-bond acceptors (Lipinski definition) is 1. The van der Waals surface area contributed by atoms with E-state index in [0.29, 0.717) is 5.69 Å². The SMILES string of the molecule is CCc1ccc(F)c(NC(=O)C2CC2)c1. The van der Waals surface area contributed by atoms with Gasteiger partial charge in [-0.05, 0) is 37.0 Å². The Morgan fingerprint density at radius 2 is 2.27 bits per heavy atom. The van der Waals surface area contributed by atoms with Crippen molar-refractivity contribution in [2.24, 2.45) is 5.92 Å². The first kappa shape index (κ1) is 10.1. The number of carbonyl (C=O) groups excluding carboxylic acids is 1. The van der Waals surface area contributed by atoms with Gasteiger partial charge in [-0.3, -0.25) is 4.79 Å². The highest BCUT2D eigenvalue weighted by Crippen LogP contribution is 2.30. The summed E-state index contributed by atoms with van der Waals surface area (Å²) < 4.78 is 13.3. The van der Waals surface area contributed by atoms with Gasteiger partial charge in [-0.25, -0.2) is 4.39 Å². The third-order valence-corrected chi connectivity index (χ3v) is 2.65. The van der Waals surface area contributed by atoms with Crippen LogP contribution in [0, 0.1) is 11.7 Å². The first-order valence-corrected chi connectivity index (χ1v) is 5.30. The summed E-state index contributed by atoms with van der Waals surface area (Å²) in [5.41, 5.74) is 1.34. The number of aryl methyl sites for hydroxylation is 1. The minimum atomic E-state index is -0.360. The molecule has 1 aromatic carbocycles. The fourth-order valence-electron chi connectivity index (χ4n) is 1.47. The zero-order valence-electron chi connectivity index (χ0n) is 8.72. The van der Waals surface area contributed by atoms with Crippen LogP contribution >= 0.6 is 0 Å². The second-order valence-corrected chi connectivity index (χ2v) is 3.93. The maximum Gasteiger partial charge on any atom is 0.227 e. The van der Waals surface area contributed by atoms with E-state index in [0.717, 1.165) is 24.8 Å². The standard InChI is InChI=1S/C12H14FNO/c1-2-8-3-6-10(13)11(7-8)14-12(15)9-4-5-9/h3,6-7,9H,2,4-5H2,1H3,(H,14,15). The van der Waals surface area contributed by atoms with Crippen molar-refractivity contribution in [3.8, 4) is 0 Å². The lowest BCUT2D eigenvalue weighted by Crippen LogP contribution is -2.14. The molecule has 2 nitrogen and oxygen atoms in total. The Bertz CT molecular complexity index is 385. The largest absolute Gasteiger partial charge is 0.323 e. The highest BCUT2D eigenvalue weighted by Gasteiger charge is 2.29. The molecule has 1 aromatic rings. The predicted molar refractivity (Wildman–Crippen MR) is 57.1 cm³/mol. The van der Waals surface area contributed by atoms with Gasteiger partial charge in [-0.2, -0.15) is 0 Å². The van der Waals surface area contributed by atoms with E-state index >= 15 is 0 Å². The molecule has 0 unspecified atom stereocenters. The van der Waals surface area contributed by atoms with Gasteiger partial charge >= 0.3 is 0 Å². The van der Waals surface area contributed by atoms with Crippen LogP contribution in [0.4, 0.5) is 10.1 Å². The molecule has 2 rings (SSSR count). The Hall–Kier alpha value is -1.38. The number of amides is 1. The molecule has 0 bridgehead atoms. The first-order chi connectivity index (χ1) is 7.20. The highest BCUT2D eigenvalue weighted by molar-refractivity contribution is 5.94.